The number of thioether (sulfide) groups is 1. The predicted octanol–water partition coefficient (Wildman–Crippen LogP) is 6.12. The van der Waals surface area contributed by atoms with E-state index in [1.165, 1.54) is 11.8 Å². The van der Waals surface area contributed by atoms with E-state index >= 15 is 0 Å². The van der Waals surface area contributed by atoms with E-state index in [9.17, 15) is 14.4 Å². The monoisotopic (exact) mass is 549 g/mol. The smallest absolute Gasteiger partial charge is 0.262 e. The number of carbonyl (C=O) groups excluding carboxylic acids is 3. The molecule has 0 spiro atoms. The van der Waals surface area contributed by atoms with Gasteiger partial charge < -0.3 is 5.73 Å². The Morgan fingerprint density at radius 3 is 2.27 bits per heavy atom. The fourth-order valence-corrected chi connectivity index (χ4v) is 4.93. The number of imide groups is 1. The number of aryl methyl sites for hydroxylation is 1. The molecule has 7 heteroatoms. The number of hydrogen-bond donors (Lipinski definition) is 1. The van der Waals surface area contributed by atoms with Gasteiger partial charge in [-0.05, 0) is 83.5 Å². The molecule has 0 saturated carbocycles. The van der Waals surface area contributed by atoms with Gasteiger partial charge >= 0.3 is 0 Å². The van der Waals surface area contributed by atoms with Crippen molar-refractivity contribution in [2.45, 2.75) is 19.4 Å². The van der Waals surface area contributed by atoms with Crippen molar-refractivity contribution in [3.63, 3.8) is 0 Å². The largest absolute Gasteiger partial charge is 0.368 e. The molecule has 0 aliphatic heterocycles. The number of hydrogen-bond acceptors (Lipinski definition) is 5. The fourth-order valence-electron chi connectivity index (χ4n) is 4.47. The Balaban J connectivity index is 1.85. The van der Waals surface area contributed by atoms with Gasteiger partial charge in [0.25, 0.3) is 11.8 Å². The van der Waals surface area contributed by atoms with Gasteiger partial charge in [-0.3, -0.25) is 24.3 Å². The van der Waals surface area contributed by atoms with E-state index in [1.807, 2.05) is 73.9 Å². The molecule has 0 radical (unpaired) electrons. The van der Waals surface area contributed by atoms with Crippen molar-refractivity contribution in [1.82, 2.24) is 9.88 Å². The van der Waals surface area contributed by atoms with Gasteiger partial charge in [-0.2, -0.15) is 11.8 Å². The first-order chi connectivity index (χ1) is 19.4. The lowest BCUT2D eigenvalue weighted by Gasteiger charge is -2.29. The third-order valence-corrected chi connectivity index (χ3v) is 7.20. The average molecular weight is 550 g/mol. The van der Waals surface area contributed by atoms with Gasteiger partial charge in [0.2, 0.25) is 5.91 Å². The Morgan fingerprint density at radius 2 is 1.60 bits per heavy atom. The topological polar surface area (TPSA) is 93.4 Å². The van der Waals surface area contributed by atoms with E-state index in [4.69, 9.17) is 5.73 Å². The quantitative estimate of drug-likeness (QED) is 0.241. The number of aromatic nitrogens is 1. The molecular weight excluding hydrogens is 518 g/mol. The summed E-state index contributed by atoms with van der Waals surface area (Å²) in [5.74, 6) is -1.30. The van der Waals surface area contributed by atoms with Crippen LogP contribution in [-0.2, 0) is 4.79 Å². The maximum Gasteiger partial charge on any atom is 0.262 e. The van der Waals surface area contributed by atoms with Crippen LogP contribution >= 0.6 is 11.8 Å². The molecule has 40 heavy (non-hydrogen) atoms. The number of carbonyl (C=O) groups is 3. The van der Waals surface area contributed by atoms with Crippen LogP contribution in [0.3, 0.4) is 0 Å². The van der Waals surface area contributed by atoms with Gasteiger partial charge in [-0.15, -0.1) is 0 Å². The molecule has 0 aliphatic rings. The molecule has 0 unspecified atom stereocenters. The summed E-state index contributed by atoms with van der Waals surface area (Å²) in [6.07, 6.45) is 9.54. The number of nitrogens with two attached hydrogens (primary N) is 1. The second-order valence-electron chi connectivity index (χ2n) is 9.29. The van der Waals surface area contributed by atoms with Crippen LogP contribution in [0.25, 0.3) is 23.3 Å². The van der Waals surface area contributed by atoms with Gasteiger partial charge in [0.15, 0.2) is 0 Å². The lowest BCUT2D eigenvalue weighted by atomic mass is 9.92. The second-order valence-corrected chi connectivity index (χ2v) is 10.3. The van der Waals surface area contributed by atoms with Crippen LogP contribution in [0, 0.1) is 6.92 Å². The second kappa shape index (κ2) is 13.5. The summed E-state index contributed by atoms with van der Waals surface area (Å²) in [5, 5.41) is 0. The Labute approximate surface area is 238 Å². The summed E-state index contributed by atoms with van der Waals surface area (Å²) in [6, 6.07) is 24.4. The van der Waals surface area contributed by atoms with E-state index in [-0.39, 0.29) is 6.42 Å². The summed E-state index contributed by atoms with van der Waals surface area (Å²) in [4.78, 5) is 46.0. The third-order valence-electron chi connectivity index (χ3n) is 6.56. The number of benzene rings is 3. The van der Waals surface area contributed by atoms with E-state index in [0.29, 0.717) is 22.4 Å². The Morgan fingerprint density at radius 1 is 0.875 bits per heavy atom. The molecule has 0 bridgehead atoms. The predicted molar refractivity (Wildman–Crippen MR) is 163 cm³/mol. The van der Waals surface area contributed by atoms with Crippen LogP contribution in [0.1, 0.15) is 43.8 Å². The molecule has 3 aromatic carbocycles. The summed E-state index contributed by atoms with van der Waals surface area (Å²) in [6.45, 7) is 1.97. The van der Waals surface area contributed by atoms with Gasteiger partial charge in [0.1, 0.15) is 6.04 Å². The molecule has 3 amide bonds. The molecule has 0 saturated heterocycles. The van der Waals surface area contributed by atoms with Crippen molar-refractivity contribution >= 4 is 41.6 Å². The van der Waals surface area contributed by atoms with E-state index in [0.717, 1.165) is 27.2 Å². The van der Waals surface area contributed by atoms with Crippen molar-refractivity contribution in [3.8, 4) is 11.1 Å². The molecule has 1 atom stereocenters. The van der Waals surface area contributed by atoms with Gasteiger partial charge in [0, 0.05) is 23.5 Å². The van der Waals surface area contributed by atoms with Crippen LogP contribution in [0.2, 0.25) is 0 Å². The number of primary amides is 1. The summed E-state index contributed by atoms with van der Waals surface area (Å²) >= 11 is 1.52. The van der Waals surface area contributed by atoms with Crippen LogP contribution in [0.15, 0.2) is 97.3 Å². The molecule has 4 aromatic rings. The maximum absolute atomic E-state index is 14.3. The van der Waals surface area contributed by atoms with Gasteiger partial charge in [-0.25, -0.2) is 0 Å². The van der Waals surface area contributed by atoms with Crippen LogP contribution in [-0.4, -0.2) is 45.7 Å². The van der Waals surface area contributed by atoms with Crippen molar-refractivity contribution in [2.75, 3.05) is 12.0 Å². The molecule has 1 heterocycles. The average Bonchev–Trinajstić information content (AvgIpc) is 2.98. The highest BCUT2D eigenvalue weighted by Gasteiger charge is 2.35. The number of amides is 3. The minimum Gasteiger partial charge on any atom is -0.368 e. The van der Waals surface area contributed by atoms with E-state index < -0.39 is 23.8 Å². The Kier molecular flexibility index (Phi) is 9.65. The minimum absolute atomic E-state index is 0.256. The first-order valence-electron chi connectivity index (χ1n) is 12.9. The fraction of sp³-hybridized carbons (Fsp3) is 0.152. The summed E-state index contributed by atoms with van der Waals surface area (Å²) in [7, 11) is 0. The van der Waals surface area contributed by atoms with Crippen molar-refractivity contribution in [1.29, 1.82) is 0 Å². The molecular formula is C33H31N3O3S. The molecule has 4 rings (SSSR count). The molecule has 2 N–H and O–H groups in total. The van der Waals surface area contributed by atoms with Crippen LogP contribution < -0.4 is 5.73 Å². The van der Waals surface area contributed by atoms with Crippen LogP contribution in [0.4, 0.5) is 0 Å². The standard InChI is InChI=1S/C33H31N3O3S/c1-23-9-6-7-13-27(23)29-21-24(14-15-25-10-8-19-35-22-25)16-17-28(29)33(39)36(30(31(34)37)18-20-40-2)32(38)26-11-4-3-5-12-26/h3-17,19,21-22,30H,18,20H2,1-2H3,(H2,34,37)/t30-/m0/s1. The van der Waals surface area contributed by atoms with Gasteiger partial charge in [0.05, 0.1) is 0 Å². The molecule has 6 nitrogen and oxygen atoms in total. The minimum atomic E-state index is -1.09. The SMILES string of the molecule is CSCC[C@@H](C(N)=O)N(C(=O)c1ccccc1)C(=O)c1ccc(C=Cc2cccnc2)cc1-c1ccccc1C. The summed E-state index contributed by atoms with van der Waals surface area (Å²) in [5.41, 5.74) is 10.7. The highest BCUT2D eigenvalue weighted by atomic mass is 32.2. The molecule has 0 fully saturated rings. The highest BCUT2D eigenvalue weighted by molar-refractivity contribution is 7.98. The van der Waals surface area contributed by atoms with Crippen LogP contribution in [0.5, 0.6) is 0 Å². The van der Waals surface area contributed by atoms with E-state index in [2.05, 4.69) is 4.98 Å². The first kappa shape index (κ1) is 28.5. The Hall–Kier alpha value is -4.49. The lowest BCUT2D eigenvalue weighted by molar-refractivity contribution is -0.121. The Bertz CT molecular complexity index is 1520. The highest BCUT2D eigenvalue weighted by Crippen LogP contribution is 2.31. The maximum atomic E-state index is 14.3. The zero-order chi connectivity index (χ0) is 28.5. The third kappa shape index (κ3) is 6.74. The van der Waals surface area contributed by atoms with E-state index in [1.54, 1.807) is 48.8 Å². The first-order valence-corrected chi connectivity index (χ1v) is 14.3. The zero-order valence-electron chi connectivity index (χ0n) is 22.5. The number of rotatable bonds is 10. The van der Waals surface area contributed by atoms with Crippen molar-refractivity contribution < 1.29 is 14.4 Å². The normalized spacial score (nSPS) is 11.8. The molecule has 0 aliphatic carbocycles. The lowest BCUT2D eigenvalue weighted by Crippen LogP contribution is -2.51. The van der Waals surface area contributed by atoms with Crippen molar-refractivity contribution in [3.05, 3.63) is 125 Å². The summed E-state index contributed by atoms with van der Waals surface area (Å²) < 4.78 is 0. The molecule has 202 valence electrons. The van der Waals surface area contributed by atoms with Crippen molar-refractivity contribution in [2.24, 2.45) is 5.73 Å². The molecule has 1 aromatic heterocycles. The number of pyridine rings is 1. The number of nitrogens with zero attached hydrogens (tertiary/aromatic N) is 2. The van der Waals surface area contributed by atoms with Gasteiger partial charge in [-0.1, -0.05) is 66.7 Å². The zero-order valence-corrected chi connectivity index (χ0v) is 23.3.